The van der Waals surface area contributed by atoms with Gasteiger partial charge >= 0.3 is 6.18 Å². The van der Waals surface area contributed by atoms with Crippen molar-refractivity contribution in [3.05, 3.63) is 50.3 Å². The largest absolute Gasteiger partial charge is 0.416 e. The van der Waals surface area contributed by atoms with Gasteiger partial charge in [-0.1, -0.05) is 11.6 Å². The number of nitrogens with zero attached hydrogens (tertiary/aromatic N) is 2. The van der Waals surface area contributed by atoms with Crippen molar-refractivity contribution < 1.29 is 13.2 Å². The lowest BCUT2D eigenvalue weighted by Crippen LogP contribution is -2.16. The number of hydrogen-bond donors (Lipinski definition) is 2. The van der Waals surface area contributed by atoms with Gasteiger partial charge in [0.1, 0.15) is 29.1 Å². The Labute approximate surface area is 132 Å². The highest BCUT2D eigenvalue weighted by Gasteiger charge is 2.32. The van der Waals surface area contributed by atoms with Crippen molar-refractivity contribution in [1.29, 1.82) is 10.5 Å². The number of rotatable bonds is 1. The third-order valence-electron chi connectivity index (χ3n) is 3.03. The fraction of sp³-hybridized carbons (Fsp3) is 0.0714. The number of nitrogen functional groups attached to an aromatic ring is 1. The molecule has 1 aromatic heterocycles. The first-order valence-electron chi connectivity index (χ1n) is 5.93. The molecule has 0 bridgehead atoms. The molecule has 0 aliphatic carbocycles. The van der Waals surface area contributed by atoms with Gasteiger partial charge in [0.15, 0.2) is 0 Å². The minimum Gasteiger partial charge on any atom is -0.384 e. The van der Waals surface area contributed by atoms with E-state index in [0.29, 0.717) is 6.07 Å². The summed E-state index contributed by atoms with van der Waals surface area (Å²) >= 11 is 5.90. The van der Waals surface area contributed by atoms with E-state index in [-0.39, 0.29) is 27.5 Å². The summed E-state index contributed by atoms with van der Waals surface area (Å²) in [6, 6.07) is 5.61. The molecule has 0 atom stereocenters. The molecule has 0 aliphatic rings. The van der Waals surface area contributed by atoms with Crippen molar-refractivity contribution in [1.82, 2.24) is 4.98 Å². The third kappa shape index (κ3) is 2.85. The van der Waals surface area contributed by atoms with Gasteiger partial charge in [0.05, 0.1) is 5.56 Å². The molecule has 2 rings (SSSR count). The zero-order valence-corrected chi connectivity index (χ0v) is 11.9. The Morgan fingerprint density at radius 2 is 1.78 bits per heavy atom. The second-order valence-electron chi connectivity index (χ2n) is 4.41. The topological polar surface area (TPSA) is 106 Å². The lowest BCUT2D eigenvalue weighted by atomic mass is 9.95. The van der Waals surface area contributed by atoms with Crippen LogP contribution < -0.4 is 11.3 Å². The number of pyridine rings is 1. The van der Waals surface area contributed by atoms with Crippen molar-refractivity contribution in [2.24, 2.45) is 0 Å². The first-order valence-corrected chi connectivity index (χ1v) is 6.31. The van der Waals surface area contributed by atoms with E-state index >= 15 is 0 Å². The summed E-state index contributed by atoms with van der Waals surface area (Å²) in [6.07, 6.45) is -4.66. The van der Waals surface area contributed by atoms with Crippen LogP contribution in [0.4, 0.5) is 19.0 Å². The van der Waals surface area contributed by atoms with Crippen molar-refractivity contribution in [2.75, 3.05) is 5.73 Å². The molecular weight excluding hydrogens is 333 g/mol. The number of benzene rings is 1. The molecule has 1 heterocycles. The summed E-state index contributed by atoms with van der Waals surface area (Å²) < 4.78 is 38.6. The van der Waals surface area contributed by atoms with Crippen LogP contribution in [0.3, 0.4) is 0 Å². The van der Waals surface area contributed by atoms with Crippen LogP contribution in [0.25, 0.3) is 11.1 Å². The number of anilines is 1. The van der Waals surface area contributed by atoms with E-state index in [1.165, 1.54) is 0 Å². The molecule has 0 aliphatic heterocycles. The number of nitrogens with two attached hydrogens (primary N) is 1. The van der Waals surface area contributed by atoms with Crippen LogP contribution in [-0.4, -0.2) is 4.98 Å². The molecular formula is C14H6ClF3N4O. The number of H-pyrrole nitrogens is 1. The molecule has 0 saturated carbocycles. The molecule has 23 heavy (non-hydrogen) atoms. The predicted molar refractivity (Wildman–Crippen MR) is 76.4 cm³/mol. The molecule has 5 nitrogen and oxygen atoms in total. The van der Waals surface area contributed by atoms with E-state index in [4.69, 9.17) is 27.9 Å². The maximum Gasteiger partial charge on any atom is 0.416 e. The van der Waals surface area contributed by atoms with Crippen LogP contribution in [0.5, 0.6) is 0 Å². The number of hydrogen-bond acceptors (Lipinski definition) is 4. The molecule has 0 amide bonds. The van der Waals surface area contributed by atoms with E-state index in [2.05, 4.69) is 4.98 Å². The van der Waals surface area contributed by atoms with E-state index in [0.717, 1.165) is 12.1 Å². The molecule has 9 heteroatoms. The van der Waals surface area contributed by atoms with Crippen LogP contribution in [0.15, 0.2) is 23.0 Å². The van der Waals surface area contributed by atoms with Gasteiger partial charge < -0.3 is 10.7 Å². The first-order chi connectivity index (χ1) is 10.7. The molecule has 0 saturated heterocycles. The van der Waals surface area contributed by atoms with Gasteiger partial charge in [-0.15, -0.1) is 0 Å². The maximum atomic E-state index is 12.9. The summed E-state index contributed by atoms with van der Waals surface area (Å²) in [6.45, 7) is 0. The smallest absolute Gasteiger partial charge is 0.384 e. The highest BCUT2D eigenvalue weighted by Crippen LogP contribution is 2.38. The van der Waals surface area contributed by atoms with Gasteiger partial charge in [-0.05, 0) is 18.2 Å². The van der Waals surface area contributed by atoms with Crippen molar-refractivity contribution in [2.45, 2.75) is 6.18 Å². The second-order valence-corrected chi connectivity index (χ2v) is 4.82. The molecule has 0 spiro atoms. The van der Waals surface area contributed by atoms with Crippen LogP contribution in [0.2, 0.25) is 5.02 Å². The molecule has 2 aromatic rings. The Bertz CT molecular complexity index is 935. The Hall–Kier alpha value is -2.97. The summed E-state index contributed by atoms with van der Waals surface area (Å²) in [5.41, 5.74) is 2.08. The van der Waals surface area contributed by atoms with Crippen LogP contribution in [-0.2, 0) is 6.18 Å². The van der Waals surface area contributed by atoms with E-state index in [1.807, 2.05) is 0 Å². The Morgan fingerprint density at radius 1 is 1.17 bits per heavy atom. The summed E-state index contributed by atoms with van der Waals surface area (Å²) in [4.78, 5) is 13.9. The van der Waals surface area contributed by atoms with Gasteiger partial charge in [-0.25, -0.2) is 0 Å². The monoisotopic (exact) mass is 338 g/mol. The number of aromatic nitrogens is 1. The highest BCUT2D eigenvalue weighted by molar-refractivity contribution is 6.33. The third-order valence-corrected chi connectivity index (χ3v) is 3.36. The van der Waals surface area contributed by atoms with Gasteiger partial charge in [-0.3, -0.25) is 4.79 Å². The molecule has 116 valence electrons. The zero-order chi connectivity index (χ0) is 17.4. The van der Waals surface area contributed by atoms with Crippen LogP contribution in [0, 0.1) is 22.7 Å². The van der Waals surface area contributed by atoms with Crippen molar-refractivity contribution >= 4 is 17.4 Å². The minimum atomic E-state index is -4.66. The molecule has 0 fully saturated rings. The first kappa shape index (κ1) is 16.4. The number of halogens is 4. The van der Waals surface area contributed by atoms with E-state index in [1.54, 1.807) is 12.1 Å². The van der Waals surface area contributed by atoms with Crippen LogP contribution >= 0.6 is 11.6 Å². The van der Waals surface area contributed by atoms with E-state index < -0.39 is 22.9 Å². The van der Waals surface area contributed by atoms with Gasteiger partial charge in [-0.2, -0.15) is 23.7 Å². The fourth-order valence-electron chi connectivity index (χ4n) is 2.01. The summed E-state index contributed by atoms with van der Waals surface area (Å²) in [7, 11) is 0. The minimum absolute atomic E-state index is 0.156. The number of alkyl halides is 3. The zero-order valence-electron chi connectivity index (χ0n) is 11.1. The number of nitrogens with one attached hydrogen (secondary N) is 1. The van der Waals surface area contributed by atoms with Crippen molar-refractivity contribution in [3.8, 4) is 23.3 Å². The average Bonchev–Trinajstić information content (AvgIpc) is 2.46. The predicted octanol–water partition coefficient (Wildman–Crippen LogP) is 3.04. The van der Waals surface area contributed by atoms with E-state index in [9.17, 15) is 18.0 Å². The normalized spacial score (nSPS) is 10.9. The SMILES string of the molecule is N#Cc1c(N)[nH]c(=O)c(C#N)c1-c1cc(C(F)(F)F)ccc1Cl. The number of aromatic amines is 1. The molecule has 0 radical (unpaired) electrons. The van der Waals surface area contributed by atoms with Gasteiger partial charge in [0.25, 0.3) is 5.56 Å². The Balaban J connectivity index is 2.96. The highest BCUT2D eigenvalue weighted by atomic mass is 35.5. The second kappa shape index (κ2) is 5.67. The summed E-state index contributed by atoms with van der Waals surface area (Å²) in [5.74, 6) is -0.361. The molecule has 1 aromatic carbocycles. The fourth-order valence-corrected chi connectivity index (χ4v) is 2.22. The quantitative estimate of drug-likeness (QED) is 0.833. The molecule has 0 unspecified atom stereocenters. The lowest BCUT2D eigenvalue weighted by Gasteiger charge is -2.13. The maximum absolute atomic E-state index is 12.9. The van der Waals surface area contributed by atoms with Crippen molar-refractivity contribution in [3.63, 3.8) is 0 Å². The van der Waals surface area contributed by atoms with Gasteiger partial charge in [0.2, 0.25) is 0 Å². The number of nitriles is 2. The lowest BCUT2D eigenvalue weighted by molar-refractivity contribution is -0.137. The Morgan fingerprint density at radius 3 is 2.30 bits per heavy atom. The standard InChI is InChI=1S/C14H6ClF3N4O/c15-10-2-1-6(14(16,17)18)3-7(10)11-8(4-19)12(21)22-13(23)9(11)5-20/h1-3H,(H3,21,22,23). The summed E-state index contributed by atoms with van der Waals surface area (Å²) in [5, 5.41) is 18.1. The van der Waals surface area contributed by atoms with Crippen LogP contribution in [0.1, 0.15) is 16.7 Å². The Kier molecular flexibility index (Phi) is 4.04. The average molecular weight is 339 g/mol. The van der Waals surface area contributed by atoms with Gasteiger partial charge in [0, 0.05) is 16.1 Å². The molecule has 3 N–H and O–H groups in total.